The number of hydrogen-bond donors (Lipinski definition) is 1. The first kappa shape index (κ1) is 12.9. The van der Waals surface area contributed by atoms with Crippen LogP contribution in [0.1, 0.15) is 10.4 Å². The zero-order valence-electron chi connectivity index (χ0n) is 8.50. The molecule has 0 amide bonds. The molecule has 1 rings (SSSR count). The molecule has 1 N–H and O–H groups in total. The number of carboxylic acids is 1. The van der Waals surface area contributed by atoms with Gasteiger partial charge in [-0.25, -0.2) is 9.18 Å². The van der Waals surface area contributed by atoms with Gasteiger partial charge < -0.3 is 14.6 Å². The Kier molecular flexibility index (Phi) is 4.70. The monoisotopic (exact) mass is 292 g/mol. The number of carbonyl (C=O) groups is 1. The van der Waals surface area contributed by atoms with Gasteiger partial charge in [-0.1, -0.05) is 0 Å². The maximum atomic E-state index is 13.6. The van der Waals surface area contributed by atoms with Crippen molar-refractivity contribution in [1.82, 2.24) is 0 Å². The summed E-state index contributed by atoms with van der Waals surface area (Å²) in [5, 5.41) is 8.74. The largest absolute Gasteiger partial charge is 0.488 e. The van der Waals surface area contributed by atoms with Crippen molar-refractivity contribution in [1.29, 1.82) is 0 Å². The standard InChI is InChI=1S/C10H10BrFO4/c1-15-4-5-16-7-3-2-6(10(13)14)8(11)9(7)12/h2-3H,4-5H2,1H3,(H,13,14). The average molecular weight is 293 g/mol. The van der Waals surface area contributed by atoms with Gasteiger partial charge in [-0.05, 0) is 28.1 Å². The van der Waals surface area contributed by atoms with Crippen molar-refractivity contribution in [3.05, 3.63) is 28.0 Å². The molecule has 0 atom stereocenters. The van der Waals surface area contributed by atoms with Crippen molar-refractivity contribution >= 4 is 21.9 Å². The number of hydrogen-bond acceptors (Lipinski definition) is 3. The summed E-state index contributed by atoms with van der Waals surface area (Å²) in [6.45, 7) is 0.532. The third kappa shape index (κ3) is 2.93. The Morgan fingerprint density at radius 3 is 2.75 bits per heavy atom. The van der Waals surface area contributed by atoms with E-state index in [9.17, 15) is 9.18 Å². The van der Waals surface area contributed by atoms with E-state index in [1.54, 1.807) is 0 Å². The first-order valence-corrected chi connectivity index (χ1v) is 5.20. The average Bonchev–Trinajstić information content (AvgIpc) is 2.24. The molecule has 0 saturated carbocycles. The van der Waals surface area contributed by atoms with Crippen LogP contribution in [0.4, 0.5) is 4.39 Å². The molecule has 0 aliphatic heterocycles. The molecule has 0 radical (unpaired) electrons. The van der Waals surface area contributed by atoms with E-state index in [0.29, 0.717) is 6.61 Å². The number of carboxylic acid groups (broad SMARTS) is 1. The summed E-state index contributed by atoms with van der Waals surface area (Å²) in [5.74, 6) is -1.93. The molecule has 0 unspecified atom stereocenters. The second kappa shape index (κ2) is 5.81. The minimum atomic E-state index is -1.20. The Hall–Kier alpha value is -1.14. The van der Waals surface area contributed by atoms with E-state index < -0.39 is 11.8 Å². The molecule has 4 nitrogen and oxygen atoms in total. The van der Waals surface area contributed by atoms with Crippen LogP contribution in [-0.4, -0.2) is 31.4 Å². The van der Waals surface area contributed by atoms with E-state index in [1.165, 1.54) is 19.2 Å². The maximum absolute atomic E-state index is 13.6. The van der Waals surface area contributed by atoms with Gasteiger partial charge in [-0.3, -0.25) is 0 Å². The lowest BCUT2D eigenvalue weighted by molar-refractivity contribution is 0.0695. The molecule has 88 valence electrons. The molecule has 0 aromatic heterocycles. The summed E-state index contributed by atoms with van der Waals surface area (Å²) in [4.78, 5) is 10.7. The Bertz CT molecular complexity index is 395. The second-order valence-electron chi connectivity index (χ2n) is 2.89. The smallest absolute Gasteiger partial charge is 0.336 e. The molecular formula is C10H10BrFO4. The van der Waals surface area contributed by atoms with Crippen LogP contribution in [0.25, 0.3) is 0 Å². The van der Waals surface area contributed by atoms with Gasteiger partial charge in [0, 0.05) is 7.11 Å². The highest BCUT2D eigenvalue weighted by Gasteiger charge is 2.16. The van der Waals surface area contributed by atoms with E-state index in [-0.39, 0.29) is 22.4 Å². The zero-order chi connectivity index (χ0) is 12.1. The molecule has 1 aromatic carbocycles. The van der Waals surface area contributed by atoms with Crippen molar-refractivity contribution in [3.63, 3.8) is 0 Å². The lowest BCUT2D eigenvalue weighted by atomic mass is 10.2. The van der Waals surface area contributed by atoms with E-state index >= 15 is 0 Å². The Balaban J connectivity index is 2.89. The van der Waals surface area contributed by atoms with Crippen LogP contribution in [-0.2, 0) is 4.74 Å². The van der Waals surface area contributed by atoms with Crippen LogP contribution in [0, 0.1) is 5.82 Å². The molecule has 0 saturated heterocycles. The van der Waals surface area contributed by atoms with E-state index in [4.69, 9.17) is 14.6 Å². The van der Waals surface area contributed by atoms with Gasteiger partial charge >= 0.3 is 5.97 Å². The number of benzene rings is 1. The molecule has 0 spiro atoms. The van der Waals surface area contributed by atoms with Crippen LogP contribution in [0.2, 0.25) is 0 Å². The summed E-state index contributed by atoms with van der Waals surface area (Å²) in [7, 11) is 1.50. The molecule has 0 fully saturated rings. The van der Waals surface area contributed by atoms with Crippen molar-refractivity contribution in [2.24, 2.45) is 0 Å². The molecule has 6 heteroatoms. The summed E-state index contributed by atoms with van der Waals surface area (Å²) >= 11 is 2.87. The molecule has 0 heterocycles. The second-order valence-corrected chi connectivity index (χ2v) is 3.68. The fourth-order valence-electron chi connectivity index (χ4n) is 1.04. The van der Waals surface area contributed by atoms with Crippen LogP contribution in [0.5, 0.6) is 5.75 Å². The summed E-state index contributed by atoms with van der Waals surface area (Å²) in [6.07, 6.45) is 0. The van der Waals surface area contributed by atoms with Gasteiger partial charge in [0.25, 0.3) is 0 Å². The maximum Gasteiger partial charge on any atom is 0.336 e. The Morgan fingerprint density at radius 2 is 2.19 bits per heavy atom. The van der Waals surface area contributed by atoms with Gasteiger partial charge in [-0.15, -0.1) is 0 Å². The summed E-state index contributed by atoms with van der Waals surface area (Å²) in [5.41, 5.74) is -0.142. The lowest BCUT2D eigenvalue weighted by Crippen LogP contribution is -2.07. The predicted octanol–water partition coefficient (Wildman–Crippen LogP) is 2.31. The highest BCUT2D eigenvalue weighted by Crippen LogP contribution is 2.28. The molecule has 0 bridgehead atoms. The predicted molar refractivity (Wildman–Crippen MR) is 58.4 cm³/mol. The quantitative estimate of drug-likeness (QED) is 0.846. The molecule has 1 aromatic rings. The van der Waals surface area contributed by atoms with Crippen molar-refractivity contribution in [3.8, 4) is 5.75 Å². The van der Waals surface area contributed by atoms with Crippen LogP contribution in [0.3, 0.4) is 0 Å². The van der Waals surface area contributed by atoms with Gasteiger partial charge in [0.15, 0.2) is 11.6 Å². The Labute approximate surface area is 100 Å². The van der Waals surface area contributed by atoms with E-state index in [0.717, 1.165) is 0 Å². The van der Waals surface area contributed by atoms with E-state index in [1.807, 2.05) is 0 Å². The highest BCUT2D eigenvalue weighted by atomic mass is 79.9. The molecular weight excluding hydrogens is 283 g/mol. The van der Waals surface area contributed by atoms with Crippen LogP contribution in [0.15, 0.2) is 16.6 Å². The first-order valence-electron chi connectivity index (χ1n) is 4.41. The van der Waals surface area contributed by atoms with Gasteiger partial charge in [0.05, 0.1) is 16.6 Å². The van der Waals surface area contributed by atoms with Crippen LogP contribution >= 0.6 is 15.9 Å². The van der Waals surface area contributed by atoms with Crippen molar-refractivity contribution < 1.29 is 23.8 Å². The summed E-state index contributed by atoms with van der Waals surface area (Å²) in [6, 6.07) is 2.55. The van der Waals surface area contributed by atoms with Gasteiger partial charge in [0.1, 0.15) is 6.61 Å². The lowest BCUT2D eigenvalue weighted by Gasteiger charge is -2.08. The van der Waals surface area contributed by atoms with Gasteiger partial charge in [-0.2, -0.15) is 0 Å². The number of aromatic carboxylic acids is 1. The normalized spacial score (nSPS) is 10.2. The van der Waals surface area contributed by atoms with Crippen LogP contribution < -0.4 is 4.74 Å². The SMILES string of the molecule is COCCOc1ccc(C(=O)O)c(Br)c1F. The zero-order valence-corrected chi connectivity index (χ0v) is 10.1. The minimum Gasteiger partial charge on any atom is -0.488 e. The molecule has 0 aliphatic carbocycles. The highest BCUT2D eigenvalue weighted by molar-refractivity contribution is 9.10. The first-order chi connectivity index (χ1) is 7.57. The van der Waals surface area contributed by atoms with Gasteiger partial charge in [0.2, 0.25) is 0 Å². The number of halogens is 2. The third-order valence-corrected chi connectivity index (χ3v) is 2.60. The topological polar surface area (TPSA) is 55.8 Å². The Morgan fingerprint density at radius 1 is 1.50 bits per heavy atom. The van der Waals surface area contributed by atoms with Crippen molar-refractivity contribution in [2.75, 3.05) is 20.3 Å². The molecule has 0 aliphatic rings. The fourth-order valence-corrected chi connectivity index (χ4v) is 1.54. The van der Waals surface area contributed by atoms with Crippen molar-refractivity contribution in [2.45, 2.75) is 0 Å². The summed E-state index contributed by atoms with van der Waals surface area (Å²) < 4.78 is 23.3. The fraction of sp³-hybridized carbons (Fsp3) is 0.300. The third-order valence-electron chi connectivity index (χ3n) is 1.82. The minimum absolute atomic E-state index is 0.00562. The molecule has 16 heavy (non-hydrogen) atoms. The number of methoxy groups -OCH3 is 1. The number of rotatable bonds is 5. The number of ether oxygens (including phenoxy) is 2. The van der Waals surface area contributed by atoms with E-state index in [2.05, 4.69) is 15.9 Å².